The van der Waals surface area contributed by atoms with Crippen LogP contribution in [-0.4, -0.2) is 47.1 Å². The molecule has 3 atom stereocenters. The molecule has 6 heteroatoms. The maximum absolute atomic E-state index is 12.5. The van der Waals surface area contributed by atoms with Gasteiger partial charge in [-0.2, -0.15) is 0 Å². The van der Waals surface area contributed by atoms with Gasteiger partial charge >= 0.3 is 0 Å². The van der Waals surface area contributed by atoms with E-state index in [1.165, 1.54) is 0 Å². The largest absolute Gasteiger partial charge is 0.468 e. The van der Waals surface area contributed by atoms with Crippen LogP contribution in [0.5, 0.6) is 0 Å². The fourth-order valence-electron chi connectivity index (χ4n) is 3.71. The van der Waals surface area contributed by atoms with E-state index in [4.69, 9.17) is 9.15 Å². The summed E-state index contributed by atoms with van der Waals surface area (Å²) in [6, 6.07) is 7.74. The fraction of sp³-hybridized carbons (Fsp3) is 0.444. The van der Waals surface area contributed by atoms with Gasteiger partial charge in [-0.1, -0.05) is 0 Å². The molecule has 2 aromatic heterocycles. The minimum Gasteiger partial charge on any atom is -0.468 e. The number of fused-ring (bicyclic) bond motifs is 1. The summed E-state index contributed by atoms with van der Waals surface area (Å²) in [7, 11) is 0. The summed E-state index contributed by atoms with van der Waals surface area (Å²) in [6.07, 6.45) is 7.13. The number of hydrogen-bond acceptors (Lipinski definition) is 5. The van der Waals surface area contributed by atoms with Crippen LogP contribution in [0.2, 0.25) is 0 Å². The van der Waals surface area contributed by atoms with Gasteiger partial charge in [0.05, 0.1) is 30.5 Å². The second-order valence-electron chi connectivity index (χ2n) is 6.38. The summed E-state index contributed by atoms with van der Waals surface area (Å²) in [6.45, 7) is 2.27. The molecule has 2 aliphatic rings. The van der Waals surface area contributed by atoms with Gasteiger partial charge in [0.1, 0.15) is 5.76 Å². The number of likely N-dealkylation sites (tertiary alicyclic amines) is 1. The molecule has 0 spiro atoms. The molecule has 0 aromatic carbocycles. The first-order valence-electron chi connectivity index (χ1n) is 8.40. The topological polar surface area (TPSA) is 67.6 Å². The Balaban J connectivity index is 1.47. The van der Waals surface area contributed by atoms with Gasteiger partial charge in [0.2, 0.25) is 0 Å². The Morgan fingerprint density at radius 2 is 2.33 bits per heavy atom. The smallest absolute Gasteiger partial charge is 0.253 e. The van der Waals surface area contributed by atoms with Gasteiger partial charge < -0.3 is 14.5 Å². The molecule has 0 aliphatic carbocycles. The average Bonchev–Trinajstić information content (AvgIpc) is 3.25. The van der Waals surface area contributed by atoms with E-state index in [0.29, 0.717) is 11.6 Å². The van der Waals surface area contributed by atoms with Crippen LogP contribution in [-0.2, 0) is 11.3 Å². The fourth-order valence-corrected chi connectivity index (χ4v) is 3.71. The number of nitrogens with zero attached hydrogens (tertiary/aromatic N) is 2. The van der Waals surface area contributed by atoms with E-state index in [1.807, 2.05) is 12.1 Å². The third-order valence-electron chi connectivity index (χ3n) is 4.81. The maximum atomic E-state index is 12.5. The summed E-state index contributed by atoms with van der Waals surface area (Å²) < 4.78 is 11.5. The van der Waals surface area contributed by atoms with E-state index in [0.717, 1.165) is 38.3 Å². The van der Waals surface area contributed by atoms with Gasteiger partial charge in [-0.05, 0) is 37.1 Å². The molecule has 126 valence electrons. The van der Waals surface area contributed by atoms with Gasteiger partial charge in [-0.3, -0.25) is 14.7 Å². The Morgan fingerprint density at radius 3 is 3.12 bits per heavy atom. The normalized spacial score (nSPS) is 26.9. The molecule has 1 amide bonds. The van der Waals surface area contributed by atoms with Crippen molar-refractivity contribution in [2.45, 2.75) is 37.6 Å². The molecule has 0 bridgehead atoms. The highest BCUT2D eigenvalue weighted by molar-refractivity contribution is 5.94. The lowest BCUT2D eigenvalue weighted by atomic mass is 10.0. The zero-order chi connectivity index (χ0) is 16.4. The van der Waals surface area contributed by atoms with Crippen molar-refractivity contribution < 1.29 is 13.9 Å². The van der Waals surface area contributed by atoms with Crippen LogP contribution in [0.25, 0.3) is 0 Å². The van der Waals surface area contributed by atoms with Crippen molar-refractivity contribution in [3.8, 4) is 0 Å². The van der Waals surface area contributed by atoms with Crippen LogP contribution in [0.1, 0.15) is 29.0 Å². The Hall–Kier alpha value is -2.18. The molecule has 2 fully saturated rings. The molecule has 4 heterocycles. The first-order valence-corrected chi connectivity index (χ1v) is 8.40. The lowest BCUT2D eigenvalue weighted by molar-refractivity contribution is -0.0219. The second-order valence-corrected chi connectivity index (χ2v) is 6.38. The molecule has 4 rings (SSSR count). The van der Waals surface area contributed by atoms with Gasteiger partial charge in [-0.25, -0.2) is 0 Å². The highest BCUT2D eigenvalue weighted by Gasteiger charge is 2.44. The predicted octanol–water partition coefficient (Wildman–Crippen LogP) is 1.84. The van der Waals surface area contributed by atoms with Crippen molar-refractivity contribution in [2.75, 3.05) is 13.2 Å². The highest BCUT2D eigenvalue weighted by Crippen LogP contribution is 2.30. The molecule has 2 aromatic rings. The van der Waals surface area contributed by atoms with Gasteiger partial charge in [0.15, 0.2) is 0 Å². The van der Waals surface area contributed by atoms with Crippen LogP contribution in [0.4, 0.5) is 0 Å². The number of ether oxygens (including phenoxy) is 1. The van der Waals surface area contributed by atoms with Crippen molar-refractivity contribution in [3.63, 3.8) is 0 Å². The zero-order valence-corrected chi connectivity index (χ0v) is 13.4. The van der Waals surface area contributed by atoms with Gasteiger partial charge in [-0.15, -0.1) is 0 Å². The highest BCUT2D eigenvalue weighted by atomic mass is 16.5. The van der Waals surface area contributed by atoms with Gasteiger partial charge in [0.25, 0.3) is 5.91 Å². The van der Waals surface area contributed by atoms with Crippen molar-refractivity contribution >= 4 is 5.91 Å². The van der Waals surface area contributed by atoms with Crippen LogP contribution < -0.4 is 5.32 Å². The lowest BCUT2D eigenvalue weighted by Gasteiger charge is -2.32. The number of hydrogen-bond donors (Lipinski definition) is 1. The van der Waals surface area contributed by atoms with Crippen molar-refractivity contribution in [2.24, 2.45) is 0 Å². The Bertz CT molecular complexity index is 674. The molecule has 24 heavy (non-hydrogen) atoms. The molecular formula is C18H21N3O3. The summed E-state index contributed by atoms with van der Waals surface area (Å²) in [5, 5.41) is 3.13. The third-order valence-corrected chi connectivity index (χ3v) is 4.81. The number of carbonyl (C=O) groups excluding carboxylic acids is 1. The quantitative estimate of drug-likeness (QED) is 0.928. The summed E-state index contributed by atoms with van der Waals surface area (Å²) in [4.78, 5) is 18.8. The Labute approximate surface area is 140 Å². The van der Waals surface area contributed by atoms with E-state index in [-0.39, 0.29) is 18.1 Å². The molecule has 0 unspecified atom stereocenters. The molecule has 6 nitrogen and oxygen atoms in total. The van der Waals surface area contributed by atoms with Gasteiger partial charge in [0, 0.05) is 31.6 Å². The summed E-state index contributed by atoms with van der Waals surface area (Å²) >= 11 is 0. The molecule has 1 N–H and O–H groups in total. The second kappa shape index (κ2) is 6.75. The number of amides is 1. The van der Waals surface area contributed by atoms with E-state index < -0.39 is 0 Å². The molecule has 0 saturated carbocycles. The van der Waals surface area contributed by atoms with E-state index >= 15 is 0 Å². The number of carbonyl (C=O) groups is 1. The minimum atomic E-state index is -0.0964. The first kappa shape index (κ1) is 15.4. The van der Waals surface area contributed by atoms with Crippen LogP contribution in [0, 0.1) is 0 Å². The lowest BCUT2D eigenvalue weighted by Crippen LogP contribution is -2.47. The minimum absolute atomic E-state index is 0.0158. The molecule has 0 radical (unpaired) electrons. The SMILES string of the molecule is O=C(N[C@H]1CN(Cc2ccco2)[C@H]2CCCO[C@@H]12)c1cccnc1. The molecular weight excluding hydrogens is 306 g/mol. The standard InChI is InChI=1S/C18H21N3O3/c22-18(13-4-1-7-19-10-13)20-15-12-21(11-14-5-2-8-23-14)16-6-3-9-24-17(15)16/h1-2,4-5,7-8,10,15-17H,3,6,9,11-12H2,(H,20,22)/t15-,16-,17-/m0/s1. The maximum Gasteiger partial charge on any atom is 0.253 e. The number of pyridine rings is 1. The van der Waals surface area contributed by atoms with Crippen LogP contribution in [0.3, 0.4) is 0 Å². The third kappa shape index (κ3) is 3.07. The first-order chi connectivity index (χ1) is 11.8. The number of aromatic nitrogens is 1. The summed E-state index contributed by atoms with van der Waals surface area (Å²) in [5.41, 5.74) is 0.578. The van der Waals surface area contributed by atoms with Crippen LogP contribution >= 0.6 is 0 Å². The number of nitrogens with one attached hydrogen (secondary N) is 1. The monoisotopic (exact) mass is 327 g/mol. The molecule has 2 saturated heterocycles. The van der Waals surface area contributed by atoms with E-state index in [2.05, 4.69) is 15.2 Å². The number of rotatable bonds is 4. The van der Waals surface area contributed by atoms with Crippen molar-refractivity contribution in [1.82, 2.24) is 15.2 Å². The van der Waals surface area contributed by atoms with E-state index in [9.17, 15) is 4.79 Å². The van der Waals surface area contributed by atoms with Crippen molar-refractivity contribution in [3.05, 3.63) is 54.2 Å². The van der Waals surface area contributed by atoms with E-state index in [1.54, 1.807) is 30.8 Å². The van der Waals surface area contributed by atoms with Crippen molar-refractivity contribution in [1.29, 1.82) is 0 Å². The molecule has 2 aliphatic heterocycles. The Morgan fingerprint density at radius 1 is 1.38 bits per heavy atom. The van der Waals surface area contributed by atoms with Crippen LogP contribution in [0.15, 0.2) is 47.3 Å². The number of furan rings is 1. The Kier molecular flexibility index (Phi) is 4.32. The predicted molar refractivity (Wildman–Crippen MR) is 87.4 cm³/mol. The average molecular weight is 327 g/mol. The summed E-state index contributed by atoms with van der Waals surface area (Å²) in [5.74, 6) is 0.847. The zero-order valence-electron chi connectivity index (χ0n) is 13.4.